The summed E-state index contributed by atoms with van der Waals surface area (Å²) >= 11 is 5.95. The second kappa shape index (κ2) is 7.02. The van der Waals surface area contributed by atoms with Gasteiger partial charge in [-0.1, -0.05) is 41.9 Å². The molecule has 3 nitrogen and oxygen atoms in total. The highest BCUT2D eigenvalue weighted by molar-refractivity contribution is 6.32. The Balaban J connectivity index is 0.00000180. The van der Waals surface area contributed by atoms with Crippen molar-refractivity contribution >= 4 is 30.0 Å². The fourth-order valence-electron chi connectivity index (χ4n) is 1.49. The molecular formula is C14H12Cl2O3. The minimum Gasteiger partial charge on any atom is -0.487 e. The lowest BCUT2D eigenvalue weighted by atomic mass is 10.2. The first-order chi connectivity index (χ1) is 8.66. The van der Waals surface area contributed by atoms with E-state index in [9.17, 15) is 4.79 Å². The predicted octanol–water partition coefficient (Wildman–Crippen LogP) is 4.04. The van der Waals surface area contributed by atoms with Crippen LogP contribution in [0.25, 0.3) is 0 Å². The molecule has 2 aromatic rings. The summed E-state index contributed by atoms with van der Waals surface area (Å²) in [5.74, 6) is -0.531. The molecular weight excluding hydrogens is 287 g/mol. The zero-order valence-electron chi connectivity index (χ0n) is 9.88. The summed E-state index contributed by atoms with van der Waals surface area (Å²) in [5.41, 5.74) is 1.17. The Morgan fingerprint density at radius 2 is 1.84 bits per heavy atom. The summed E-state index contributed by atoms with van der Waals surface area (Å²) in [4.78, 5) is 10.7. The Labute approximate surface area is 122 Å². The van der Waals surface area contributed by atoms with Gasteiger partial charge in [-0.2, -0.15) is 0 Å². The quantitative estimate of drug-likeness (QED) is 0.926. The first-order valence-corrected chi connectivity index (χ1v) is 5.74. The molecule has 0 radical (unpaired) electrons. The van der Waals surface area contributed by atoms with Crippen LogP contribution in [0.2, 0.25) is 5.02 Å². The number of hydrogen-bond acceptors (Lipinski definition) is 2. The van der Waals surface area contributed by atoms with Crippen LogP contribution >= 0.6 is 24.0 Å². The van der Waals surface area contributed by atoms with E-state index in [0.29, 0.717) is 17.4 Å². The average Bonchev–Trinajstić information content (AvgIpc) is 2.38. The van der Waals surface area contributed by atoms with Crippen LogP contribution in [-0.4, -0.2) is 11.1 Å². The molecule has 2 aromatic carbocycles. The van der Waals surface area contributed by atoms with Gasteiger partial charge in [0.25, 0.3) is 0 Å². The number of carboxylic acids is 1. The van der Waals surface area contributed by atoms with E-state index in [4.69, 9.17) is 21.4 Å². The smallest absolute Gasteiger partial charge is 0.335 e. The third kappa shape index (κ3) is 4.16. The molecule has 0 aliphatic carbocycles. The molecule has 0 aromatic heterocycles. The van der Waals surface area contributed by atoms with Crippen LogP contribution in [0.1, 0.15) is 15.9 Å². The zero-order chi connectivity index (χ0) is 13.0. The highest BCUT2D eigenvalue weighted by atomic mass is 35.5. The van der Waals surface area contributed by atoms with Crippen molar-refractivity contribution in [3.63, 3.8) is 0 Å². The van der Waals surface area contributed by atoms with Crippen LogP contribution in [0.4, 0.5) is 0 Å². The summed E-state index contributed by atoms with van der Waals surface area (Å²) in [6.07, 6.45) is 0. The zero-order valence-corrected chi connectivity index (χ0v) is 11.4. The standard InChI is InChI=1S/C14H11ClO3.ClH/c15-12-8-11(14(16)17)6-7-13(12)18-9-10-4-2-1-3-5-10;/h1-8H,9H2,(H,16,17);1H. The molecule has 0 spiro atoms. The molecule has 1 N–H and O–H groups in total. The number of carbonyl (C=O) groups is 1. The van der Waals surface area contributed by atoms with Gasteiger partial charge in [-0.3, -0.25) is 0 Å². The van der Waals surface area contributed by atoms with Crippen LogP contribution in [0.5, 0.6) is 5.75 Å². The lowest BCUT2D eigenvalue weighted by Crippen LogP contribution is -1.99. The van der Waals surface area contributed by atoms with Crippen LogP contribution < -0.4 is 4.74 Å². The number of benzene rings is 2. The predicted molar refractivity (Wildman–Crippen MR) is 76.4 cm³/mol. The molecule has 0 bridgehead atoms. The second-order valence-corrected chi connectivity index (χ2v) is 4.13. The summed E-state index contributed by atoms with van der Waals surface area (Å²) in [6, 6.07) is 14.1. The summed E-state index contributed by atoms with van der Waals surface area (Å²) in [5, 5.41) is 9.11. The van der Waals surface area contributed by atoms with Crippen molar-refractivity contribution in [2.45, 2.75) is 6.61 Å². The van der Waals surface area contributed by atoms with Gasteiger partial charge in [-0.25, -0.2) is 4.79 Å². The monoisotopic (exact) mass is 298 g/mol. The van der Waals surface area contributed by atoms with E-state index in [0.717, 1.165) is 5.56 Å². The van der Waals surface area contributed by atoms with Crippen molar-refractivity contribution in [3.8, 4) is 5.75 Å². The minimum absolute atomic E-state index is 0. The van der Waals surface area contributed by atoms with Gasteiger partial charge in [0.2, 0.25) is 0 Å². The molecule has 0 amide bonds. The maximum Gasteiger partial charge on any atom is 0.335 e. The molecule has 0 atom stereocenters. The molecule has 0 aliphatic rings. The van der Waals surface area contributed by atoms with Gasteiger partial charge in [0, 0.05) is 0 Å². The summed E-state index contributed by atoms with van der Waals surface area (Å²) in [6.45, 7) is 0.396. The molecule has 0 saturated heterocycles. The highest BCUT2D eigenvalue weighted by Crippen LogP contribution is 2.26. The van der Waals surface area contributed by atoms with Gasteiger partial charge in [0.05, 0.1) is 10.6 Å². The molecule has 0 aliphatic heterocycles. The van der Waals surface area contributed by atoms with Gasteiger partial charge >= 0.3 is 5.97 Å². The van der Waals surface area contributed by atoms with E-state index < -0.39 is 5.97 Å². The molecule has 0 fully saturated rings. The third-order valence-corrected chi connectivity index (χ3v) is 2.71. The molecule has 0 heterocycles. The number of rotatable bonds is 4. The summed E-state index contributed by atoms with van der Waals surface area (Å²) in [7, 11) is 0. The van der Waals surface area contributed by atoms with Crippen molar-refractivity contribution < 1.29 is 14.6 Å². The van der Waals surface area contributed by atoms with E-state index in [1.807, 2.05) is 30.3 Å². The summed E-state index contributed by atoms with van der Waals surface area (Å²) < 4.78 is 5.53. The maximum atomic E-state index is 10.7. The average molecular weight is 299 g/mol. The normalized spacial score (nSPS) is 9.53. The van der Waals surface area contributed by atoms with E-state index in [2.05, 4.69) is 0 Å². The molecule has 5 heteroatoms. The largest absolute Gasteiger partial charge is 0.487 e. The first kappa shape index (κ1) is 15.3. The van der Waals surface area contributed by atoms with Gasteiger partial charge in [0.15, 0.2) is 0 Å². The molecule has 100 valence electrons. The molecule has 0 saturated carbocycles. The number of halogens is 2. The lowest BCUT2D eigenvalue weighted by molar-refractivity contribution is 0.0697. The fourth-order valence-corrected chi connectivity index (χ4v) is 1.72. The van der Waals surface area contributed by atoms with Gasteiger partial charge in [-0.05, 0) is 23.8 Å². The topological polar surface area (TPSA) is 46.5 Å². The van der Waals surface area contributed by atoms with Gasteiger partial charge in [0.1, 0.15) is 12.4 Å². The number of carboxylic acid groups (broad SMARTS) is 1. The van der Waals surface area contributed by atoms with Crippen molar-refractivity contribution in [1.82, 2.24) is 0 Å². The third-order valence-electron chi connectivity index (χ3n) is 2.42. The van der Waals surface area contributed by atoms with Crippen LogP contribution in [-0.2, 0) is 6.61 Å². The van der Waals surface area contributed by atoms with Crippen LogP contribution in [0.3, 0.4) is 0 Å². The van der Waals surface area contributed by atoms with E-state index in [-0.39, 0.29) is 18.0 Å². The van der Waals surface area contributed by atoms with Crippen molar-refractivity contribution in [3.05, 3.63) is 64.7 Å². The number of aromatic carboxylic acids is 1. The van der Waals surface area contributed by atoms with Crippen molar-refractivity contribution in [2.24, 2.45) is 0 Å². The minimum atomic E-state index is -1.01. The van der Waals surface area contributed by atoms with Crippen molar-refractivity contribution in [1.29, 1.82) is 0 Å². The van der Waals surface area contributed by atoms with Crippen LogP contribution in [0, 0.1) is 0 Å². The SMILES string of the molecule is Cl.O=C(O)c1ccc(OCc2ccccc2)c(Cl)c1. The molecule has 0 unspecified atom stereocenters. The van der Waals surface area contributed by atoms with E-state index in [1.54, 1.807) is 6.07 Å². The number of hydrogen-bond donors (Lipinski definition) is 1. The Morgan fingerprint density at radius 1 is 1.16 bits per heavy atom. The Hall–Kier alpha value is -1.71. The van der Waals surface area contributed by atoms with E-state index >= 15 is 0 Å². The first-order valence-electron chi connectivity index (χ1n) is 5.36. The highest BCUT2D eigenvalue weighted by Gasteiger charge is 2.07. The Kier molecular flexibility index (Phi) is 5.67. The number of ether oxygens (including phenoxy) is 1. The van der Waals surface area contributed by atoms with Crippen molar-refractivity contribution in [2.75, 3.05) is 0 Å². The molecule has 2 rings (SSSR count). The van der Waals surface area contributed by atoms with Crippen LogP contribution in [0.15, 0.2) is 48.5 Å². The fraction of sp³-hybridized carbons (Fsp3) is 0.0714. The second-order valence-electron chi connectivity index (χ2n) is 3.72. The molecule has 19 heavy (non-hydrogen) atoms. The maximum absolute atomic E-state index is 10.7. The van der Waals surface area contributed by atoms with Gasteiger partial charge < -0.3 is 9.84 Å². The van der Waals surface area contributed by atoms with E-state index in [1.165, 1.54) is 12.1 Å². The van der Waals surface area contributed by atoms with Gasteiger partial charge in [-0.15, -0.1) is 12.4 Å². The lowest BCUT2D eigenvalue weighted by Gasteiger charge is -2.08. The Morgan fingerprint density at radius 3 is 2.42 bits per heavy atom. The Bertz CT molecular complexity index is 556.